The zero-order valence-corrected chi connectivity index (χ0v) is 14.1. The van der Waals surface area contributed by atoms with Crippen LogP contribution >= 0.6 is 35.0 Å². The molecule has 1 rings (SSSR count). The Balaban J connectivity index is 2.88. The first kappa shape index (κ1) is 17.9. The number of carboxylic acids is 1. The lowest BCUT2D eigenvalue weighted by molar-refractivity contribution is 0.0698. The van der Waals surface area contributed by atoms with Gasteiger partial charge >= 0.3 is 12.0 Å². The van der Waals surface area contributed by atoms with E-state index >= 15 is 0 Å². The van der Waals surface area contributed by atoms with Crippen LogP contribution in [0.2, 0.25) is 10.0 Å². The number of anilines is 1. The summed E-state index contributed by atoms with van der Waals surface area (Å²) in [5, 5.41) is 14.5. The normalized spacial score (nSPS) is 11.1. The average molecular weight is 351 g/mol. The minimum Gasteiger partial charge on any atom is -0.478 e. The SMILES string of the molecule is CSC(C)(C)CNC(=O)Nc1c(Cl)cc(Cl)cc1C(=O)O. The van der Waals surface area contributed by atoms with E-state index in [1.54, 1.807) is 11.8 Å². The van der Waals surface area contributed by atoms with Crippen LogP contribution in [0.1, 0.15) is 24.2 Å². The third-order valence-corrected chi connectivity index (χ3v) is 4.52. The van der Waals surface area contributed by atoms with E-state index in [9.17, 15) is 9.59 Å². The number of rotatable bonds is 5. The van der Waals surface area contributed by atoms with E-state index < -0.39 is 12.0 Å². The van der Waals surface area contributed by atoms with Crippen molar-refractivity contribution in [3.05, 3.63) is 27.7 Å². The Bertz CT molecular complexity index is 565. The van der Waals surface area contributed by atoms with Crippen molar-refractivity contribution in [2.24, 2.45) is 0 Å². The molecule has 0 aliphatic heterocycles. The Kier molecular flexibility index (Phi) is 6.19. The fourth-order valence-corrected chi connectivity index (χ4v) is 2.15. The molecule has 3 N–H and O–H groups in total. The smallest absolute Gasteiger partial charge is 0.337 e. The second kappa shape index (κ2) is 7.24. The van der Waals surface area contributed by atoms with Gasteiger partial charge in [0.1, 0.15) is 0 Å². The number of nitrogens with one attached hydrogen (secondary N) is 2. The number of halogens is 2. The maximum atomic E-state index is 11.9. The highest BCUT2D eigenvalue weighted by Crippen LogP contribution is 2.30. The van der Waals surface area contributed by atoms with Crippen LogP contribution in [-0.2, 0) is 0 Å². The summed E-state index contributed by atoms with van der Waals surface area (Å²) in [7, 11) is 0. The monoisotopic (exact) mass is 350 g/mol. The first-order chi connectivity index (χ1) is 9.66. The van der Waals surface area contributed by atoms with Gasteiger partial charge < -0.3 is 15.7 Å². The molecule has 0 saturated carbocycles. The molecule has 0 atom stereocenters. The second-order valence-electron chi connectivity index (χ2n) is 4.89. The van der Waals surface area contributed by atoms with Crippen LogP contribution in [0.5, 0.6) is 0 Å². The molecule has 0 fully saturated rings. The molecule has 0 spiro atoms. The zero-order chi connectivity index (χ0) is 16.2. The van der Waals surface area contributed by atoms with Crippen LogP contribution in [0.4, 0.5) is 10.5 Å². The van der Waals surface area contributed by atoms with Crippen LogP contribution in [0.15, 0.2) is 12.1 Å². The predicted molar refractivity (Wildman–Crippen MR) is 88.0 cm³/mol. The van der Waals surface area contributed by atoms with Crippen LogP contribution < -0.4 is 10.6 Å². The molecular formula is C13H16Cl2N2O3S. The highest BCUT2D eigenvalue weighted by atomic mass is 35.5. The molecule has 2 amide bonds. The third kappa shape index (κ3) is 5.30. The molecule has 116 valence electrons. The van der Waals surface area contributed by atoms with E-state index in [-0.39, 0.29) is 26.0 Å². The van der Waals surface area contributed by atoms with Crippen molar-refractivity contribution in [1.29, 1.82) is 0 Å². The molecule has 8 heteroatoms. The standard InChI is InChI=1S/C13H16Cl2N2O3S/c1-13(2,21-3)6-16-12(20)17-10-8(11(18)19)4-7(14)5-9(10)15/h4-5H,6H2,1-3H3,(H,18,19)(H2,16,17,20). The molecule has 0 aliphatic rings. The second-order valence-corrected chi connectivity index (χ2v) is 7.24. The van der Waals surface area contributed by atoms with Crippen molar-refractivity contribution in [2.45, 2.75) is 18.6 Å². The van der Waals surface area contributed by atoms with Crippen molar-refractivity contribution in [1.82, 2.24) is 5.32 Å². The summed E-state index contributed by atoms with van der Waals surface area (Å²) in [5.41, 5.74) is -0.139. The van der Waals surface area contributed by atoms with Gasteiger partial charge in [-0.25, -0.2) is 9.59 Å². The summed E-state index contributed by atoms with van der Waals surface area (Å²) in [6.45, 7) is 4.39. The lowest BCUT2D eigenvalue weighted by Gasteiger charge is -2.22. The molecule has 0 heterocycles. The minimum absolute atomic E-state index is 0.0213. The predicted octanol–water partition coefficient (Wildman–Crippen LogP) is 3.95. The van der Waals surface area contributed by atoms with Crippen molar-refractivity contribution in [3.8, 4) is 0 Å². The maximum Gasteiger partial charge on any atom is 0.337 e. The van der Waals surface area contributed by atoms with E-state index in [2.05, 4.69) is 10.6 Å². The number of amides is 2. The summed E-state index contributed by atoms with van der Waals surface area (Å²) in [4.78, 5) is 23.0. The number of carboxylic acid groups (broad SMARTS) is 1. The van der Waals surface area contributed by atoms with Gasteiger partial charge in [-0.15, -0.1) is 0 Å². The molecule has 0 saturated heterocycles. The number of hydrogen-bond acceptors (Lipinski definition) is 3. The van der Waals surface area contributed by atoms with Crippen molar-refractivity contribution in [3.63, 3.8) is 0 Å². The van der Waals surface area contributed by atoms with Gasteiger partial charge in [-0.1, -0.05) is 23.2 Å². The van der Waals surface area contributed by atoms with E-state index in [1.807, 2.05) is 20.1 Å². The van der Waals surface area contributed by atoms with Crippen molar-refractivity contribution < 1.29 is 14.7 Å². The summed E-state index contributed by atoms with van der Waals surface area (Å²) >= 11 is 13.3. The summed E-state index contributed by atoms with van der Waals surface area (Å²) in [6, 6.07) is 2.08. The molecule has 1 aromatic rings. The molecule has 0 unspecified atom stereocenters. The van der Waals surface area contributed by atoms with Gasteiger partial charge in [0.25, 0.3) is 0 Å². The fourth-order valence-electron chi connectivity index (χ4n) is 1.39. The number of carbonyl (C=O) groups is 2. The van der Waals surface area contributed by atoms with Gasteiger partial charge in [-0.2, -0.15) is 11.8 Å². The number of benzene rings is 1. The molecule has 0 radical (unpaired) electrons. The first-order valence-corrected chi connectivity index (χ1v) is 7.96. The van der Waals surface area contributed by atoms with Crippen molar-refractivity contribution >= 4 is 52.7 Å². The van der Waals surface area contributed by atoms with Crippen LogP contribution in [0.3, 0.4) is 0 Å². The Morgan fingerprint density at radius 1 is 1.33 bits per heavy atom. The summed E-state index contributed by atoms with van der Waals surface area (Å²) in [5.74, 6) is -1.22. The van der Waals surface area contributed by atoms with Gasteiger partial charge in [0.05, 0.1) is 16.3 Å². The molecule has 21 heavy (non-hydrogen) atoms. The average Bonchev–Trinajstić information content (AvgIpc) is 2.39. The molecule has 0 bridgehead atoms. The van der Waals surface area contributed by atoms with Crippen LogP contribution in [0.25, 0.3) is 0 Å². The van der Waals surface area contributed by atoms with E-state index in [0.29, 0.717) is 6.54 Å². The topological polar surface area (TPSA) is 78.4 Å². The van der Waals surface area contributed by atoms with Crippen LogP contribution in [0, 0.1) is 0 Å². The van der Waals surface area contributed by atoms with Gasteiger partial charge in [-0.3, -0.25) is 0 Å². The fraction of sp³-hybridized carbons (Fsp3) is 0.385. The van der Waals surface area contributed by atoms with Gasteiger partial charge in [-0.05, 0) is 32.2 Å². The molecule has 5 nitrogen and oxygen atoms in total. The maximum absolute atomic E-state index is 11.9. The number of aromatic carboxylic acids is 1. The number of urea groups is 1. The summed E-state index contributed by atoms with van der Waals surface area (Å²) in [6.07, 6.45) is 1.94. The highest BCUT2D eigenvalue weighted by molar-refractivity contribution is 7.99. The van der Waals surface area contributed by atoms with E-state index in [0.717, 1.165) is 0 Å². The molecule has 0 aliphatic carbocycles. The Morgan fingerprint density at radius 3 is 2.48 bits per heavy atom. The van der Waals surface area contributed by atoms with Crippen LogP contribution in [-0.4, -0.2) is 34.7 Å². The zero-order valence-electron chi connectivity index (χ0n) is 11.8. The lowest BCUT2D eigenvalue weighted by atomic mass is 10.2. The van der Waals surface area contributed by atoms with Gasteiger partial charge in [0.2, 0.25) is 0 Å². The summed E-state index contributed by atoms with van der Waals surface area (Å²) < 4.78 is -0.128. The Morgan fingerprint density at radius 2 is 1.95 bits per heavy atom. The Hall–Kier alpha value is -1.11. The van der Waals surface area contributed by atoms with Crippen molar-refractivity contribution in [2.75, 3.05) is 18.1 Å². The van der Waals surface area contributed by atoms with E-state index in [4.69, 9.17) is 28.3 Å². The third-order valence-electron chi connectivity index (χ3n) is 2.75. The number of thioether (sulfide) groups is 1. The molecule has 0 aromatic heterocycles. The largest absolute Gasteiger partial charge is 0.478 e. The Labute approximate surface area is 137 Å². The molecular weight excluding hydrogens is 335 g/mol. The number of hydrogen-bond donors (Lipinski definition) is 3. The quantitative estimate of drug-likeness (QED) is 0.750. The van der Waals surface area contributed by atoms with E-state index in [1.165, 1.54) is 12.1 Å². The van der Waals surface area contributed by atoms with Gasteiger partial charge in [0.15, 0.2) is 0 Å². The van der Waals surface area contributed by atoms with Gasteiger partial charge in [0, 0.05) is 16.3 Å². The number of carbonyl (C=O) groups excluding carboxylic acids is 1. The highest BCUT2D eigenvalue weighted by Gasteiger charge is 2.20. The minimum atomic E-state index is -1.22. The molecule has 1 aromatic carbocycles. The lowest BCUT2D eigenvalue weighted by Crippen LogP contribution is -2.38. The first-order valence-electron chi connectivity index (χ1n) is 5.98.